The maximum absolute atomic E-state index is 12.3. The number of aryl methyl sites for hydroxylation is 1. The maximum atomic E-state index is 12.3. The first-order chi connectivity index (χ1) is 10.3. The minimum atomic E-state index is -3.84. The Kier molecular flexibility index (Phi) is 4.36. The van der Waals surface area contributed by atoms with Gasteiger partial charge in [0.1, 0.15) is 11.5 Å². The topological polar surface area (TPSA) is 111 Å². The van der Waals surface area contributed by atoms with Crippen LogP contribution in [-0.2, 0) is 14.8 Å². The van der Waals surface area contributed by atoms with Crippen molar-refractivity contribution in [1.29, 1.82) is 0 Å². The minimum absolute atomic E-state index is 0.0286. The Morgan fingerprint density at radius 1 is 1.32 bits per heavy atom. The van der Waals surface area contributed by atoms with E-state index in [2.05, 4.69) is 15.2 Å². The van der Waals surface area contributed by atoms with Gasteiger partial charge in [-0.15, -0.1) is 0 Å². The highest BCUT2D eigenvalue weighted by Gasteiger charge is 2.18. The molecule has 1 heterocycles. The summed E-state index contributed by atoms with van der Waals surface area (Å²) in [6.45, 7) is 2.99. The molecule has 2 N–H and O–H groups in total. The van der Waals surface area contributed by atoms with Gasteiger partial charge in [0.05, 0.1) is 17.7 Å². The second kappa shape index (κ2) is 6.06. The van der Waals surface area contributed by atoms with E-state index in [0.29, 0.717) is 11.4 Å². The van der Waals surface area contributed by atoms with Gasteiger partial charge in [-0.25, -0.2) is 8.42 Å². The van der Waals surface area contributed by atoms with Gasteiger partial charge in [-0.2, -0.15) is 0 Å². The Labute approximate surface area is 127 Å². The molecule has 9 heteroatoms. The predicted molar refractivity (Wildman–Crippen MR) is 79.3 cm³/mol. The summed E-state index contributed by atoms with van der Waals surface area (Å²) in [5.41, 5.74) is 0.381. The van der Waals surface area contributed by atoms with Crippen LogP contribution in [0.15, 0.2) is 33.7 Å². The van der Waals surface area contributed by atoms with E-state index in [1.165, 1.54) is 38.3 Å². The second-order valence-corrected chi connectivity index (χ2v) is 6.15. The summed E-state index contributed by atoms with van der Waals surface area (Å²) in [7, 11) is -2.46. The van der Waals surface area contributed by atoms with E-state index in [-0.39, 0.29) is 22.4 Å². The smallest absolute Gasteiger partial charge is 0.263 e. The summed E-state index contributed by atoms with van der Waals surface area (Å²) in [5.74, 6) is 0.512. The molecular weight excluding hydrogens is 310 g/mol. The van der Waals surface area contributed by atoms with Crippen molar-refractivity contribution in [3.05, 3.63) is 30.0 Å². The maximum Gasteiger partial charge on any atom is 0.263 e. The average molecular weight is 325 g/mol. The van der Waals surface area contributed by atoms with Crippen LogP contribution in [0.25, 0.3) is 0 Å². The van der Waals surface area contributed by atoms with Gasteiger partial charge in [-0.05, 0) is 19.1 Å². The molecule has 8 nitrogen and oxygen atoms in total. The van der Waals surface area contributed by atoms with Gasteiger partial charge in [-0.1, -0.05) is 5.16 Å². The number of hydrogen-bond donors (Lipinski definition) is 2. The van der Waals surface area contributed by atoms with Crippen LogP contribution in [0.1, 0.15) is 12.7 Å². The van der Waals surface area contributed by atoms with Crippen LogP contribution in [0.3, 0.4) is 0 Å². The van der Waals surface area contributed by atoms with Crippen molar-refractivity contribution in [2.75, 3.05) is 17.1 Å². The van der Waals surface area contributed by atoms with E-state index in [4.69, 9.17) is 9.26 Å². The Bertz CT molecular complexity index is 798. The number of aromatic nitrogens is 1. The van der Waals surface area contributed by atoms with Crippen molar-refractivity contribution in [1.82, 2.24) is 5.16 Å². The zero-order valence-corrected chi connectivity index (χ0v) is 13.0. The molecule has 0 saturated heterocycles. The number of carbonyl (C=O) groups is 1. The molecule has 1 amide bonds. The highest BCUT2D eigenvalue weighted by Crippen LogP contribution is 2.28. The Morgan fingerprint density at radius 3 is 2.59 bits per heavy atom. The fourth-order valence-corrected chi connectivity index (χ4v) is 2.74. The lowest BCUT2D eigenvalue weighted by Crippen LogP contribution is -2.14. The van der Waals surface area contributed by atoms with E-state index >= 15 is 0 Å². The van der Waals surface area contributed by atoms with Gasteiger partial charge in [0, 0.05) is 19.1 Å². The molecule has 0 saturated carbocycles. The second-order valence-electron chi connectivity index (χ2n) is 4.47. The van der Waals surface area contributed by atoms with Crippen LogP contribution >= 0.6 is 0 Å². The number of benzene rings is 1. The normalized spacial score (nSPS) is 11.0. The summed E-state index contributed by atoms with van der Waals surface area (Å²) in [5, 5.41) is 6.12. The van der Waals surface area contributed by atoms with Crippen LogP contribution in [0.5, 0.6) is 5.75 Å². The highest BCUT2D eigenvalue weighted by atomic mass is 32.2. The summed E-state index contributed by atoms with van der Waals surface area (Å²) < 4.78 is 36.7. The van der Waals surface area contributed by atoms with E-state index < -0.39 is 10.0 Å². The Morgan fingerprint density at radius 2 is 2.05 bits per heavy atom. The van der Waals surface area contributed by atoms with Crippen LogP contribution in [0, 0.1) is 6.92 Å². The van der Waals surface area contributed by atoms with E-state index in [1.54, 1.807) is 6.92 Å². The SMILES string of the molecule is COc1cc(S(=O)(=O)Nc2cc(C)on2)ccc1NC(C)=O. The van der Waals surface area contributed by atoms with Crippen molar-refractivity contribution < 1.29 is 22.5 Å². The number of rotatable bonds is 5. The summed E-state index contributed by atoms with van der Waals surface area (Å²) in [4.78, 5) is 11.1. The number of sulfonamides is 1. The molecular formula is C13H15N3O5S. The number of anilines is 2. The van der Waals surface area contributed by atoms with Crippen LogP contribution in [0.2, 0.25) is 0 Å². The first-order valence-corrected chi connectivity index (χ1v) is 7.72. The van der Waals surface area contributed by atoms with Crippen LogP contribution < -0.4 is 14.8 Å². The molecule has 2 rings (SSSR count). The number of carbonyl (C=O) groups excluding carboxylic acids is 1. The summed E-state index contributed by atoms with van der Waals surface area (Å²) >= 11 is 0. The standard InChI is InChI=1S/C13H15N3O5S/c1-8-6-13(15-21-8)16-22(18,19)10-4-5-11(14-9(2)17)12(7-10)20-3/h4-7H,1-3H3,(H,14,17)(H,15,16). The third kappa shape index (κ3) is 3.55. The molecule has 0 radical (unpaired) electrons. The van der Waals surface area contributed by atoms with E-state index in [1.807, 2.05) is 0 Å². The van der Waals surface area contributed by atoms with Crippen molar-refractivity contribution in [3.8, 4) is 5.75 Å². The summed E-state index contributed by atoms with van der Waals surface area (Å²) in [6, 6.07) is 5.56. The lowest BCUT2D eigenvalue weighted by molar-refractivity contribution is -0.114. The van der Waals surface area contributed by atoms with Gasteiger partial charge in [0.25, 0.3) is 10.0 Å². The fraction of sp³-hybridized carbons (Fsp3) is 0.231. The minimum Gasteiger partial charge on any atom is -0.495 e. The van der Waals surface area contributed by atoms with E-state index in [0.717, 1.165) is 0 Å². The third-order valence-corrected chi connectivity index (χ3v) is 4.01. The van der Waals surface area contributed by atoms with Crippen molar-refractivity contribution in [3.63, 3.8) is 0 Å². The summed E-state index contributed by atoms with van der Waals surface area (Å²) in [6.07, 6.45) is 0. The highest BCUT2D eigenvalue weighted by molar-refractivity contribution is 7.92. The van der Waals surface area contributed by atoms with Crippen molar-refractivity contribution in [2.24, 2.45) is 0 Å². The number of hydrogen-bond acceptors (Lipinski definition) is 6. The molecule has 0 spiro atoms. The predicted octanol–water partition coefficient (Wildman–Crippen LogP) is 1.75. The van der Waals surface area contributed by atoms with Crippen molar-refractivity contribution >= 4 is 27.4 Å². The molecule has 0 aliphatic rings. The number of methoxy groups -OCH3 is 1. The lowest BCUT2D eigenvalue weighted by atomic mass is 10.3. The Hall–Kier alpha value is -2.55. The molecule has 0 bridgehead atoms. The van der Waals surface area contributed by atoms with Crippen LogP contribution in [-0.4, -0.2) is 26.6 Å². The quantitative estimate of drug-likeness (QED) is 0.866. The number of nitrogens with one attached hydrogen (secondary N) is 2. The van der Waals surface area contributed by atoms with Gasteiger partial charge in [0.2, 0.25) is 5.91 Å². The van der Waals surface area contributed by atoms with Crippen LogP contribution in [0.4, 0.5) is 11.5 Å². The molecule has 0 fully saturated rings. The van der Waals surface area contributed by atoms with Gasteiger partial charge >= 0.3 is 0 Å². The molecule has 118 valence electrons. The van der Waals surface area contributed by atoms with Gasteiger partial charge in [-0.3, -0.25) is 9.52 Å². The van der Waals surface area contributed by atoms with Gasteiger partial charge in [0.15, 0.2) is 5.82 Å². The first-order valence-electron chi connectivity index (χ1n) is 6.23. The fourth-order valence-electron chi connectivity index (χ4n) is 1.74. The Balaban J connectivity index is 2.33. The number of nitrogens with zero attached hydrogens (tertiary/aromatic N) is 1. The molecule has 1 aromatic heterocycles. The lowest BCUT2D eigenvalue weighted by Gasteiger charge is -2.11. The monoisotopic (exact) mass is 325 g/mol. The molecule has 0 atom stereocenters. The van der Waals surface area contributed by atoms with Gasteiger partial charge < -0.3 is 14.6 Å². The molecule has 22 heavy (non-hydrogen) atoms. The molecule has 1 aromatic carbocycles. The average Bonchev–Trinajstić information content (AvgIpc) is 2.83. The molecule has 0 aliphatic heterocycles. The zero-order valence-electron chi connectivity index (χ0n) is 12.2. The largest absolute Gasteiger partial charge is 0.495 e. The molecule has 2 aromatic rings. The number of amides is 1. The number of ether oxygens (including phenoxy) is 1. The third-order valence-electron chi connectivity index (χ3n) is 2.66. The molecule has 0 unspecified atom stereocenters. The zero-order chi connectivity index (χ0) is 16.3. The molecule has 0 aliphatic carbocycles. The van der Waals surface area contributed by atoms with Crippen molar-refractivity contribution in [2.45, 2.75) is 18.7 Å². The first kappa shape index (κ1) is 15.8. The van der Waals surface area contributed by atoms with E-state index in [9.17, 15) is 13.2 Å².